The summed E-state index contributed by atoms with van der Waals surface area (Å²) >= 11 is 0. The Balaban J connectivity index is 1.66. The van der Waals surface area contributed by atoms with Gasteiger partial charge in [0.05, 0.1) is 18.5 Å². The third-order valence-corrected chi connectivity index (χ3v) is 4.75. The maximum absolute atomic E-state index is 13.2. The first-order chi connectivity index (χ1) is 11.8. The Labute approximate surface area is 140 Å². The van der Waals surface area contributed by atoms with Gasteiger partial charge in [-0.1, -0.05) is 36.4 Å². The molecular formula is C20H19FN2O. The summed E-state index contributed by atoms with van der Waals surface area (Å²) in [5, 5.41) is 0. The summed E-state index contributed by atoms with van der Waals surface area (Å²) in [4.78, 5) is 4.11. The van der Waals surface area contributed by atoms with Crippen molar-refractivity contribution < 1.29 is 9.13 Å². The average molecular weight is 322 g/mol. The number of imidazole rings is 1. The lowest BCUT2D eigenvalue weighted by Crippen LogP contribution is -2.30. The second-order valence-electron chi connectivity index (χ2n) is 6.29. The molecule has 1 aromatic heterocycles. The van der Waals surface area contributed by atoms with Crippen LogP contribution in [0.3, 0.4) is 0 Å². The number of hydrogen-bond acceptors (Lipinski definition) is 2. The molecule has 1 aliphatic rings. The fourth-order valence-electron chi connectivity index (χ4n) is 3.49. The summed E-state index contributed by atoms with van der Waals surface area (Å²) in [6.45, 7) is 1.46. The van der Waals surface area contributed by atoms with E-state index in [9.17, 15) is 4.39 Å². The number of aromatic nitrogens is 2. The summed E-state index contributed by atoms with van der Waals surface area (Å²) in [6.07, 6.45) is 7.16. The van der Waals surface area contributed by atoms with Crippen molar-refractivity contribution in [3.8, 4) is 0 Å². The zero-order chi connectivity index (χ0) is 16.4. The molecule has 0 spiro atoms. The summed E-state index contributed by atoms with van der Waals surface area (Å²) in [5.41, 5.74) is 3.19. The minimum atomic E-state index is -0.376. The van der Waals surface area contributed by atoms with Gasteiger partial charge in [0.25, 0.3) is 0 Å². The number of rotatable bonds is 5. The molecule has 1 unspecified atom stereocenters. The van der Waals surface area contributed by atoms with Crippen LogP contribution in [0.1, 0.15) is 23.1 Å². The molecule has 122 valence electrons. The van der Waals surface area contributed by atoms with Crippen LogP contribution in [0.4, 0.5) is 4.39 Å². The Morgan fingerprint density at radius 1 is 1.12 bits per heavy atom. The summed E-state index contributed by atoms with van der Waals surface area (Å²) < 4.78 is 21.6. The topological polar surface area (TPSA) is 27.1 Å². The first-order valence-electron chi connectivity index (χ1n) is 8.18. The molecule has 3 aromatic rings. The van der Waals surface area contributed by atoms with Gasteiger partial charge in [-0.15, -0.1) is 0 Å². The molecule has 1 aliphatic heterocycles. The first-order valence-corrected chi connectivity index (χ1v) is 8.18. The molecule has 3 nitrogen and oxygen atoms in total. The van der Waals surface area contributed by atoms with Crippen molar-refractivity contribution in [3.05, 3.63) is 89.8 Å². The van der Waals surface area contributed by atoms with Crippen molar-refractivity contribution in [1.82, 2.24) is 9.55 Å². The van der Waals surface area contributed by atoms with Crippen LogP contribution in [0.5, 0.6) is 0 Å². The molecular weight excluding hydrogens is 303 g/mol. The van der Waals surface area contributed by atoms with E-state index in [2.05, 4.69) is 27.8 Å². The standard InChI is InChI=1S/C20H19FN2O/c21-18-7-5-16(6-8-18)13-20(9-11-23-12-10-22-15-23)19-4-2-1-3-17(19)14-24-20/h1-8,10,12,15H,9,11,13-14H2. The number of benzene rings is 2. The van der Waals surface area contributed by atoms with Crippen molar-refractivity contribution in [3.63, 3.8) is 0 Å². The number of aryl methyl sites for hydroxylation is 1. The van der Waals surface area contributed by atoms with E-state index in [0.29, 0.717) is 6.61 Å². The lowest BCUT2D eigenvalue weighted by Gasteiger charge is -2.30. The normalized spacial score (nSPS) is 19.4. The highest BCUT2D eigenvalue weighted by molar-refractivity contribution is 5.37. The SMILES string of the molecule is Fc1ccc(CC2(CCn3ccnc3)OCc3ccccc32)cc1. The van der Waals surface area contributed by atoms with Crippen molar-refractivity contribution in [2.24, 2.45) is 0 Å². The number of hydrogen-bond donors (Lipinski definition) is 0. The smallest absolute Gasteiger partial charge is 0.123 e. The highest BCUT2D eigenvalue weighted by atomic mass is 19.1. The molecule has 0 bridgehead atoms. The van der Waals surface area contributed by atoms with Crippen molar-refractivity contribution in [2.75, 3.05) is 0 Å². The molecule has 1 atom stereocenters. The van der Waals surface area contributed by atoms with Crippen LogP contribution >= 0.6 is 0 Å². The van der Waals surface area contributed by atoms with Crippen LogP contribution < -0.4 is 0 Å². The predicted octanol–water partition coefficient (Wildman–Crippen LogP) is 4.08. The zero-order valence-electron chi connectivity index (χ0n) is 13.4. The van der Waals surface area contributed by atoms with Crippen LogP contribution in [0.15, 0.2) is 67.3 Å². The maximum atomic E-state index is 13.2. The van der Waals surface area contributed by atoms with Gasteiger partial charge in [0.15, 0.2) is 0 Å². The third-order valence-electron chi connectivity index (χ3n) is 4.75. The molecule has 0 radical (unpaired) electrons. The van der Waals surface area contributed by atoms with Gasteiger partial charge in [-0.3, -0.25) is 0 Å². The van der Waals surface area contributed by atoms with Gasteiger partial charge in [-0.05, 0) is 35.2 Å². The van der Waals surface area contributed by atoms with Crippen LogP contribution in [-0.4, -0.2) is 9.55 Å². The monoisotopic (exact) mass is 322 g/mol. The fraction of sp³-hybridized carbons (Fsp3) is 0.250. The van der Waals surface area contributed by atoms with Gasteiger partial charge in [0.2, 0.25) is 0 Å². The van der Waals surface area contributed by atoms with E-state index < -0.39 is 0 Å². The van der Waals surface area contributed by atoms with E-state index in [0.717, 1.165) is 24.9 Å². The van der Waals surface area contributed by atoms with Crippen LogP contribution in [0.2, 0.25) is 0 Å². The summed E-state index contributed by atoms with van der Waals surface area (Å²) in [7, 11) is 0. The summed E-state index contributed by atoms with van der Waals surface area (Å²) in [5.74, 6) is -0.209. The van der Waals surface area contributed by atoms with E-state index in [4.69, 9.17) is 4.74 Å². The van der Waals surface area contributed by atoms with Crippen molar-refractivity contribution in [2.45, 2.75) is 31.6 Å². The van der Waals surface area contributed by atoms with E-state index in [1.54, 1.807) is 6.20 Å². The minimum absolute atomic E-state index is 0.209. The highest BCUT2D eigenvalue weighted by Gasteiger charge is 2.39. The molecule has 0 saturated heterocycles. The third kappa shape index (κ3) is 2.85. The number of halogens is 1. The van der Waals surface area contributed by atoms with E-state index >= 15 is 0 Å². The zero-order valence-corrected chi connectivity index (χ0v) is 13.4. The quantitative estimate of drug-likeness (QED) is 0.708. The average Bonchev–Trinajstić information content (AvgIpc) is 3.24. The lowest BCUT2D eigenvalue weighted by atomic mass is 9.84. The molecule has 2 aromatic carbocycles. The highest BCUT2D eigenvalue weighted by Crippen LogP contribution is 2.42. The Kier molecular flexibility index (Phi) is 3.90. The first kappa shape index (κ1) is 15.1. The molecule has 2 heterocycles. The number of ether oxygens (including phenoxy) is 1. The van der Waals surface area contributed by atoms with Gasteiger partial charge in [-0.25, -0.2) is 9.37 Å². The fourth-order valence-corrected chi connectivity index (χ4v) is 3.49. The van der Waals surface area contributed by atoms with E-state index in [1.165, 1.54) is 23.3 Å². The molecule has 4 heteroatoms. The molecule has 0 fully saturated rings. The largest absolute Gasteiger partial charge is 0.365 e. The molecule has 0 saturated carbocycles. The predicted molar refractivity (Wildman–Crippen MR) is 89.9 cm³/mol. The Hall–Kier alpha value is -2.46. The second-order valence-corrected chi connectivity index (χ2v) is 6.29. The Bertz CT molecular complexity index is 814. The number of nitrogens with zero attached hydrogens (tertiary/aromatic N) is 2. The Morgan fingerprint density at radius 2 is 1.96 bits per heavy atom. The summed E-state index contributed by atoms with van der Waals surface area (Å²) in [6, 6.07) is 15.1. The van der Waals surface area contributed by atoms with E-state index in [1.807, 2.05) is 30.7 Å². The minimum Gasteiger partial charge on any atom is -0.365 e. The van der Waals surface area contributed by atoms with Crippen molar-refractivity contribution >= 4 is 0 Å². The van der Waals surface area contributed by atoms with E-state index in [-0.39, 0.29) is 11.4 Å². The van der Waals surface area contributed by atoms with Gasteiger partial charge < -0.3 is 9.30 Å². The molecule has 24 heavy (non-hydrogen) atoms. The maximum Gasteiger partial charge on any atom is 0.123 e. The molecule has 4 rings (SSSR count). The van der Waals surface area contributed by atoms with Gasteiger partial charge in [0.1, 0.15) is 5.82 Å². The number of fused-ring (bicyclic) bond motifs is 1. The molecule has 0 amide bonds. The van der Waals surface area contributed by atoms with Crippen LogP contribution in [0.25, 0.3) is 0 Å². The van der Waals surface area contributed by atoms with Gasteiger partial charge in [0, 0.05) is 25.4 Å². The van der Waals surface area contributed by atoms with Gasteiger partial charge in [-0.2, -0.15) is 0 Å². The molecule has 0 N–H and O–H groups in total. The van der Waals surface area contributed by atoms with Gasteiger partial charge >= 0.3 is 0 Å². The van der Waals surface area contributed by atoms with Crippen molar-refractivity contribution in [1.29, 1.82) is 0 Å². The van der Waals surface area contributed by atoms with Crippen LogP contribution in [0, 0.1) is 5.82 Å². The molecule has 0 aliphatic carbocycles. The lowest BCUT2D eigenvalue weighted by molar-refractivity contribution is -0.0471. The Morgan fingerprint density at radius 3 is 2.75 bits per heavy atom. The second kappa shape index (κ2) is 6.21. The van der Waals surface area contributed by atoms with Crippen LogP contribution in [-0.2, 0) is 29.9 Å².